The van der Waals surface area contributed by atoms with E-state index in [0.717, 1.165) is 57.4 Å². The van der Waals surface area contributed by atoms with Crippen LogP contribution in [0, 0.1) is 6.92 Å². The zero-order valence-corrected chi connectivity index (χ0v) is 26.4. The number of hydrogen-bond donors (Lipinski definition) is 1. The highest BCUT2D eigenvalue weighted by Gasteiger charge is 2.34. The Bertz CT molecular complexity index is 1460. The average Bonchev–Trinajstić information content (AvgIpc) is 3.45. The maximum Gasteiger partial charge on any atom is 0.244 e. The molecule has 3 aromatic rings. The fourth-order valence-electron chi connectivity index (χ4n) is 5.11. The topological polar surface area (TPSA) is 86.8 Å². The van der Waals surface area contributed by atoms with Crippen molar-refractivity contribution in [3.8, 4) is 0 Å². The first-order valence-electron chi connectivity index (χ1n) is 13.6. The van der Waals surface area contributed by atoms with Crippen LogP contribution in [0.3, 0.4) is 0 Å². The van der Waals surface area contributed by atoms with Crippen molar-refractivity contribution < 1.29 is 18.0 Å². The number of carbonyl (C=O) groups is 2. The second kappa shape index (κ2) is 13.9. The van der Waals surface area contributed by atoms with Crippen LogP contribution < -0.4 is 9.62 Å². The molecule has 1 fully saturated rings. The number of hydrogen-bond acceptors (Lipinski definition) is 4. The molecule has 0 unspecified atom stereocenters. The number of aryl methyl sites for hydroxylation is 1. The Morgan fingerprint density at radius 1 is 1.00 bits per heavy atom. The van der Waals surface area contributed by atoms with Gasteiger partial charge in [-0.1, -0.05) is 82.8 Å². The van der Waals surface area contributed by atoms with Crippen molar-refractivity contribution in [2.45, 2.75) is 57.7 Å². The Morgan fingerprint density at radius 2 is 1.66 bits per heavy atom. The Kier molecular flexibility index (Phi) is 10.5. The highest BCUT2D eigenvalue weighted by molar-refractivity contribution is 9.10. The van der Waals surface area contributed by atoms with Gasteiger partial charge < -0.3 is 10.2 Å². The van der Waals surface area contributed by atoms with E-state index in [0.29, 0.717) is 10.7 Å². The van der Waals surface area contributed by atoms with E-state index >= 15 is 0 Å². The third-order valence-electron chi connectivity index (χ3n) is 7.35. The van der Waals surface area contributed by atoms with Crippen LogP contribution in [-0.4, -0.2) is 50.0 Å². The van der Waals surface area contributed by atoms with E-state index < -0.39 is 28.5 Å². The zero-order chi connectivity index (χ0) is 29.6. The van der Waals surface area contributed by atoms with Gasteiger partial charge in [0.1, 0.15) is 12.6 Å². The van der Waals surface area contributed by atoms with Gasteiger partial charge in [-0.05, 0) is 66.8 Å². The minimum absolute atomic E-state index is 0.0616. The Balaban J connectivity index is 1.72. The van der Waals surface area contributed by atoms with Crippen LogP contribution in [0.5, 0.6) is 0 Å². The number of amides is 2. The van der Waals surface area contributed by atoms with Crippen LogP contribution in [0.4, 0.5) is 5.69 Å². The molecule has 1 aliphatic rings. The molecule has 0 saturated heterocycles. The summed E-state index contributed by atoms with van der Waals surface area (Å²) in [6, 6.07) is 21.0. The summed E-state index contributed by atoms with van der Waals surface area (Å²) in [5, 5.41) is 3.72. The smallest absolute Gasteiger partial charge is 0.244 e. The highest BCUT2D eigenvalue weighted by Crippen LogP contribution is 2.26. The molecule has 218 valence electrons. The van der Waals surface area contributed by atoms with Crippen LogP contribution in [0.25, 0.3) is 0 Å². The SMILES string of the molecule is Cc1cc(N(CC(=O)N(Cc2ccc(Cl)cc2)[C@H](Cc2ccccc2)C(=O)NC2CCCC2)S(C)(=O)=O)ccc1Br. The van der Waals surface area contributed by atoms with Crippen LogP contribution >= 0.6 is 27.5 Å². The number of benzene rings is 3. The molecular weight excluding hydrogens is 626 g/mol. The second-order valence-electron chi connectivity index (χ2n) is 10.5. The Hall–Kier alpha value is -2.88. The van der Waals surface area contributed by atoms with Gasteiger partial charge in [0.15, 0.2) is 0 Å². The molecule has 1 N–H and O–H groups in total. The second-order valence-corrected chi connectivity index (χ2v) is 13.7. The zero-order valence-electron chi connectivity index (χ0n) is 23.2. The lowest BCUT2D eigenvalue weighted by Crippen LogP contribution is -2.54. The van der Waals surface area contributed by atoms with Gasteiger partial charge in [0.2, 0.25) is 21.8 Å². The Labute approximate surface area is 256 Å². The lowest BCUT2D eigenvalue weighted by molar-refractivity contribution is -0.140. The molecule has 1 aliphatic carbocycles. The lowest BCUT2D eigenvalue weighted by atomic mass is 10.0. The van der Waals surface area contributed by atoms with E-state index in [1.54, 1.807) is 30.3 Å². The van der Waals surface area contributed by atoms with Gasteiger partial charge in [-0.25, -0.2) is 8.42 Å². The monoisotopic (exact) mass is 659 g/mol. The van der Waals surface area contributed by atoms with Crippen LogP contribution in [-0.2, 0) is 32.6 Å². The molecule has 41 heavy (non-hydrogen) atoms. The highest BCUT2D eigenvalue weighted by atomic mass is 79.9. The van der Waals surface area contributed by atoms with Gasteiger partial charge in [0.25, 0.3) is 0 Å². The van der Waals surface area contributed by atoms with Crippen molar-refractivity contribution in [2.24, 2.45) is 0 Å². The van der Waals surface area contributed by atoms with E-state index in [-0.39, 0.29) is 24.9 Å². The fourth-order valence-corrected chi connectivity index (χ4v) is 6.32. The standard InChI is InChI=1S/C31H35BrClN3O4S/c1-22-18-27(16-17-28(22)32)36(41(2,39)40)21-30(37)35(20-24-12-14-25(33)15-13-24)29(19-23-8-4-3-5-9-23)31(38)34-26-10-6-7-11-26/h3-5,8-9,12-18,26,29H,6-7,10-11,19-21H2,1-2H3,(H,34,38)/t29-/m1/s1. The van der Waals surface area contributed by atoms with E-state index in [4.69, 9.17) is 11.6 Å². The van der Waals surface area contributed by atoms with Gasteiger partial charge in [-0.15, -0.1) is 0 Å². The molecule has 0 bridgehead atoms. The predicted molar refractivity (Wildman–Crippen MR) is 167 cm³/mol. The molecule has 3 aromatic carbocycles. The molecule has 10 heteroatoms. The molecule has 0 spiro atoms. The number of anilines is 1. The number of nitrogens with one attached hydrogen (secondary N) is 1. The molecule has 0 heterocycles. The first kappa shape index (κ1) is 31.1. The summed E-state index contributed by atoms with van der Waals surface area (Å²) in [7, 11) is -3.83. The minimum Gasteiger partial charge on any atom is -0.352 e. The summed E-state index contributed by atoms with van der Waals surface area (Å²) < 4.78 is 27.8. The summed E-state index contributed by atoms with van der Waals surface area (Å²) in [6.45, 7) is 1.52. The number of halogens is 2. The van der Waals surface area contributed by atoms with Gasteiger partial charge in [0, 0.05) is 28.5 Å². The normalized spacial score (nSPS) is 14.4. The summed E-state index contributed by atoms with van der Waals surface area (Å²) in [5.41, 5.74) is 2.89. The van der Waals surface area contributed by atoms with Crippen LogP contribution in [0.1, 0.15) is 42.4 Å². The molecule has 4 rings (SSSR count). The molecule has 1 saturated carbocycles. The molecule has 0 aliphatic heterocycles. The number of nitrogens with zero attached hydrogens (tertiary/aromatic N) is 2. The van der Waals surface area contributed by atoms with E-state index in [2.05, 4.69) is 21.2 Å². The summed E-state index contributed by atoms with van der Waals surface area (Å²) in [5.74, 6) is -0.720. The quantitative estimate of drug-likeness (QED) is 0.279. The number of rotatable bonds is 11. The van der Waals surface area contributed by atoms with Crippen molar-refractivity contribution in [1.29, 1.82) is 0 Å². The average molecular weight is 661 g/mol. The molecule has 0 aromatic heterocycles. The van der Waals surface area contributed by atoms with E-state index in [1.165, 1.54) is 4.90 Å². The Morgan fingerprint density at radius 3 is 2.27 bits per heavy atom. The van der Waals surface area contributed by atoms with Gasteiger partial charge in [-0.2, -0.15) is 0 Å². The van der Waals surface area contributed by atoms with Crippen molar-refractivity contribution in [1.82, 2.24) is 10.2 Å². The third-order valence-corrected chi connectivity index (χ3v) is 9.63. The van der Waals surface area contributed by atoms with Gasteiger partial charge in [0.05, 0.1) is 11.9 Å². The summed E-state index contributed by atoms with van der Waals surface area (Å²) >= 11 is 9.57. The molecule has 1 atom stereocenters. The van der Waals surface area contributed by atoms with Gasteiger partial charge >= 0.3 is 0 Å². The number of carbonyl (C=O) groups excluding carboxylic acids is 2. The van der Waals surface area contributed by atoms with Crippen molar-refractivity contribution in [3.63, 3.8) is 0 Å². The maximum absolute atomic E-state index is 14.2. The molecule has 7 nitrogen and oxygen atoms in total. The van der Waals surface area contributed by atoms with Crippen LogP contribution in [0.2, 0.25) is 5.02 Å². The first-order chi connectivity index (χ1) is 19.5. The van der Waals surface area contributed by atoms with E-state index in [1.807, 2.05) is 49.4 Å². The van der Waals surface area contributed by atoms with Gasteiger partial charge in [-0.3, -0.25) is 13.9 Å². The largest absolute Gasteiger partial charge is 0.352 e. The molecule has 2 amide bonds. The molecule has 0 radical (unpaired) electrons. The van der Waals surface area contributed by atoms with Crippen molar-refractivity contribution in [2.75, 3.05) is 17.1 Å². The first-order valence-corrected chi connectivity index (χ1v) is 16.7. The maximum atomic E-state index is 14.2. The minimum atomic E-state index is -3.83. The number of sulfonamides is 1. The van der Waals surface area contributed by atoms with Crippen molar-refractivity contribution in [3.05, 3.63) is 99.0 Å². The lowest BCUT2D eigenvalue weighted by Gasteiger charge is -2.34. The summed E-state index contributed by atoms with van der Waals surface area (Å²) in [4.78, 5) is 29.5. The predicted octanol–water partition coefficient (Wildman–Crippen LogP) is 5.88. The summed E-state index contributed by atoms with van der Waals surface area (Å²) in [6.07, 6.45) is 5.28. The van der Waals surface area contributed by atoms with E-state index in [9.17, 15) is 18.0 Å². The fraction of sp³-hybridized carbons (Fsp3) is 0.355. The third kappa shape index (κ3) is 8.56. The van der Waals surface area contributed by atoms with Crippen LogP contribution in [0.15, 0.2) is 77.3 Å². The molecular formula is C31H35BrClN3O4S. The van der Waals surface area contributed by atoms with Crippen molar-refractivity contribution >= 4 is 55.1 Å².